The highest BCUT2D eigenvalue weighted by molar-refractivity contribution is 6.09. The molecule has 2 rings (SSSR count). The number of carbonyl (C=O) groups is 3. The van der Waals surface area contributed by atoms with Crippen molar-refractivity contribution in [2.75, 3.05) is 6.54 Å². The molecule has 1 aromatic rings. The van der Waals surface area contributed by atoms with Gasteiger partial charge in [0.05, 0.1) is 0 Å². The lowest BCUT2D eigenvalue weighted by atomic mass is 9.85. The van der Waals surface area contributed by atoms with Gasteiger partial charge in [-0.15, -0.1) is 0 Å². The molecule has 0 saturated carbocycles. The number of urea groups is 1. The van der Waals surface area contributed by atoms with Crippen LogP contribution in [0.5, 0.6) is 0 Å². The third-order valence-electron chi connectivity index (χ3n) is 4.95. The Morgan fingerprint density at radius 2 is 1.81 bits per heavy atom. The lowest BCUT2D eigenvalue weighted by Crippen LogP contribution is -2.46. The number of carbonyl (C=O) groups excluding carboxylic acids is 3. The van der Waals surface area contributed by atoms with E-state index in [0.717, 1.165) is 29.7 Å². The largest absolute Gasteiger partial charge is 0.352 e. The van der Waals surface area contributed by atoms with Crippen LogP contribution in [0.25, 0.3) is 0 Å². The van der Waals surface area contributed by atoms with E-state index in [1.807, 2.05) is 44.2 Å². The predicted octanol–water partition coefficient (Wildman–Crippen LogP) is 3.17. The highest BCUT2D eigenvalue weighted by atomic mass is 16.2. The Balaban J connectivity index is 2.09. The average molecular weight is 373 g/mol. The molecule has 0 aromatic heterocycles. The topological polar surface area (TPSA) is 78.5 Å². The fraction of sp³-hybridized carbons (Fsp3) is 0.571. The number of nitrogens with one attached hydrogen (secondary N) is 2. The number of hydrogen-bond donors (Lipinski definition) is 2. The van der Waals surface area contributed by atoms with Crippen LogP contribution in [0.4, 0.5) is 4.79 Å². The molecule has 2 atom stereocenters. The zero-order valence-corrected chi connectivity index (χ0v) is 16.7. The molecule has 4 amide bonds. The van der Waals surface area contributed by atoms with Crippen LogP contribution < -0.4 is 10.6 Å². The third kappa shape index (κ3) is 4.87. The SMILES string of the molecule is CCC[C@@]1(c2ccccc2)NC(=O)N(CC(=O)N[C@H](C)CCC(C)C)C1=O. The first-order chi connectivity index (χ1) is 12.8. The maximum Gasteiger partial charge on any atom is 0.325 e. The Labute approximate surface area is 161 Å². The maximum absolute atomic E-state index is 13.1. The van der Waals surface area contributed by atoms with Crippen LogP contribution in [-0.2, 0) is 15.1 Å². The average Bonchev–Trinajstić information content (AvgIpc) is 2.86. The van der Waals surface area contributed by atoms with Crippen molar-refractivity contribution in [1.82, 2.24) is 15.5 Å². The standard InChI is InChI=1S/C21H31N3O3/c1-5-13-21(17-9-7-6-8-10-17)19(26)24(20(27)23-21)14-18(25)22-16(4)12-11-15(2)3/h6-10,15-16H,5,11-14H2,1-4H3,(H,22,25)(H,23,27)/t16-,21+/m1/s1. The molecule has 0 bridgehead atoms. The zero-order valence-electron chi connectivity index (χ0n) is 16.7. The molecular formula is C21H31N3O3. The van der Waals surface area contributed by atoms with Crippen LogP contribution in [0, 0.1) is 5.92 Å². The number of amides is 4. The van der Waals surface area contributed by atoms with E-state index in [0.29, 0.717) is 12.3 Å². The van der Waals surface area contributed by atoms with E-state index in [-0.39, 0.29) is 24.4 Å². The first kappa shape index (κ1) is 20.9. The molecule has 6 heteroatoms. The van der Waals surface area contributed by atoms with Gasteiger partial charge in [0.25, 0.3) is 5.91 Å². The highest BCUT2D eigenvalue weighted by Gasteiger charge is 2.52. The van der Waals surface area contributed by atoms with Crippen molar-refractivity contribution in [2.45, 2.75) is 65.0 Å². The van der Waals surface area contributed by atoms with E-state index in [4.69, 9.17) is 0 Å². The molecule has 148 valence electrons. The van der Waals surface area contributed by atoms with E-state index < -0.39 is 11.6 Å². The summed E-state index contributed by atoms with van der Waals surface area (Å²) in [6, 6.07) is 8.73. The fourth-order valence-electron chi connectivity index (χ4n) is 3.50. The van der Waals surface area contributed by atoms with Gasteiger partial charge >= 0.3 is 6.03 Å². The minimum atomic E-state index is -1.09. The van der Waals surface area contributed by atoms with Crippen molar-refractivity contribution in [3.05, 3.63) is 35.9 Å². The summed E-state index contributed by atoms with van der Waals surface area (Å²) < 4.78 is 0. The molecule has 27 heavy (non-hydrogen) atoms. The molecule has 6 nitrogen and oxygen atoms in total. The Bertz CT molecular complexity index is 675. The van der Waals surface area contributed by atoms with Crippen molar-refractivity contribution < 1.29 is 14.4 Å². The van der Waals surface area contributed by atoms with Crippen molar-refractivity contribution in [2.24, 2.45) is 5.92 Å². The molecule has 1 fully saturated rings. The van der Waals surface area contributed by atoms with Crippen LogP contribution in [0.15, 0.2) is 30.3 Å². The number of rotatable bonds is 9. The molecule has 1 heterocycles. The second-order valence-electron chi connectivity index (χ2n) is 7.78. The van der Waals surface area contributed by atoms with Crippen molar-refractivity contribution in [3.63, 3.8) is 0 Å². The fourth-order valence-corrected chi connectivity index (χ4v) is 3.50. The second-order valence-corrected chi connectivity index (χ2v) is 7.78. The Kier molecular flexibility index (Phi) is 6.99. The van der Waals surface area contributed by atoms with Gasteiger partial charge < -0.3 is 10.6 Å². The predicted molar refractivity (Wildman–Crippen MR) is 105 cm³/mol. The van der Waals surface area contributed by atoms with Gasteiger partial charge in [-0.3, -0.25) is 14.5 Å². The van der Waals surface area contributed by atoms with Crippen LogP contribution in [-0.4, -0.2) is 35.3 Å². The van der Waals surface area contributed by atoms with Gasteiger partial charge in [0, 0.05) is 6.04 Å². The van der Waals surface area contributed by atoms with Crippen LogP contribution in [0.2, 0.25) is 0 Å². The Morgan fingerprint density at radius 3 is 2.41 bits per heavy atom. The van der Waals surface area contributed by atoms with Crippen LogP contribution in [0.3, 0.4) is 0 Å². The molecular weight excluding hydrogens is 342 g/mol. The number of hydrogen-bond acceptors (Lipinski definition) is 3. The molecule has 1 aliphatic heterocycles. The van der Waals surface area contributed by atoms with E-state index >= 15 is 0 Å². The van der Waals surface area contributed by atoms with E-state index in [2.05, 4.69) is 24.5 Å². The molecule has 0 unspecified atom stereocenters. The number of nitrogens with zero attached hydrogens (tertiary/aromatic N) is 1. The van der Waals surface area contributed by atoms with Gasteiger partial charge in [0.1, 0.15) is 12.1 Å². The minimum Gasteiger partial charge on any atom is -0.352 e. The first-order valence-corrected chi connectivity index (χ1v) is 9.79. The quantitative estimate of drug-likeness (QED) is 0.653. The van der Waals surface area contributed by atoms with Gasteiger partial charge in [-0.2, -0.15) is 0 Å². The van der Waals surface area contributed by atoms with Crippen molar-refractivity contribution >= 4 is 17.8 Å². The summed E-state index contributed by atoms with van der Waals surface area (Å²) in [4.78, 5) is 39.0. The summed E-state index contributed by atoms with van der Waals surface area (Å²) in [5.41, 5.74) is -0.338. The molecule has 1 aromatic carbocycles. The number of imide groups is 1. The van der Waals surface area contributed by atoms with E-state index in [1.54, 1.807) is 0 Å². The van der Waals surface area contributed by atoms with Crippen LogP contribution >= 0.6 is 0 Å². The molecule has 0 aliphatic carbocycles. The zero-order chi connectivity index (χ0) is 20.0. The first-order valence-electron chi connectivity index (χ1n) is 9.79. The summed E-state index contributed by atoms with van der Waals surface area (Å²) in [7, 11) is 0. The lowest BCUT2D eigenvalue weighted by Gasteiger charge is -2.27. The van der Waals surface area contributed by atoms with Gasteiger partial charge in [0.15, 0.2) is 0 Å². The van der Waals surface area contributed by atoms with Crippen molar-refractivity contribution in [1.29, 1.82) is 0 Å². The smallest absolute Gasteiger partial charge is 0.325 e. The Morgan fingerprint density at radius 1 is 1.15 bits per heavy atom. The van der Waals surface area contributed by atoms with Crippen LogP contribution in [0.1, 0.15) is 58.9 Å². The lowest BCUT2D eigenvalue weighted by molar-refractivity contribution is -0.135. The molecule has 0 radical (unpaired) electrons. The monoisotopic (exact) mass is 373 g/mol. The summed E-state index contributed by atoms with van der Waals surface area (Å²) in [5, 5.41) is 5.73. The Hall–Kier alpha value is -2.37. The van der Waals surface area contributed by atoms with E-state index in [1.165, 1.54) is 0 Å². The molecule has 0 spiro atoms. The summed E-state index contributed by atoms with van der Waals surface area (Å²) >= 11 is 0. The summed E-state index contributed by atoms with van der Waals surface area (Å²) in [5.74, 6) is -0.100. The van der Waals surface area contributed by atoms with Gasteiger partial charge in [-0.1, -0.05) is 57.5 Å². The highest BCUT2D eigenvalue weighted by Crippen LogP contribution is 2.33. The van der Waals surface area contributed by atoms with Crippen molar-refractivity contribution in [3.8, 4) is 0 Å². The van der Waals surface area contributed by atoms with E-state index in [9.17, 15) is 14.4 Å². The number of benzene rings is 1. The summed E-state index contributed by atoms with van der Waals surface area (Å²) in [6.07, 6.45) is 3.10. The maximum atomic E-state index is 13.1. The second kappa shape index (κ2) is 9.02. The normalized spacial score (nSPS) is 20.7. The third-order valence-corrected chi connectivity index (χ3v) is 4.95. The molecule has 1 aliphatic rings. The van der Waals surface area contributed by atoms with Gasteiger partial charge in [-0.05, 0) is 37.7 Å². The molecule has 2 N–H and O–H groups in total. The van der Waals surface area contributed by atoms with Gasteiger partial charge in [0.2, 0.25) is 5.91 Å². The minimum absolute atomic E-state index is 0.00943. The molecule has 1 saturated heterocycles. The summed E-state index contributed by atoms with van der Waals surface area (Å²) in [6.45, 7) is 7.93. The van der Waals surface area contributed by atoms with Gasteiger partial charge in [-0.25, -0.2) is 4.79 Å².